The highest BCUT2D eigenvalue weighted by molar-refractivity contribution is 9.10. The zero-order chi connectivity index (χ0) is 12.6. The Hall–Kier alpha value is -0.810. The lowest BCUT2D eigenvalue weighted by molar-refractivity contribution is -0.00301. The summed E-state index contributed by atoms with van der Waals surface area (Å²) in [6.45, 7) is 6.89. The van der Waals surface area contributed by atoms with Gasteiger partial charge in [0.15, 0.2) is 0 Å². The Morgan fingerprint density at radius 3 is 2.38 bits per heavy atom. The van der Waals surface area contributed by atoms with Crippen molar-refractivity contribution in [1.82, 2.24) is 10.3 Å². The van der Waals surface area contributed by atoms with Crippen molar-refractivity contribution in [3.05, 3.63) is 22.4 Å². The summed E-state index contributed by atoms with van der Waals surface area (Å²) >= 11 is 3.26. The van der Waals surface area contributed by atoms with Crippen LogP contribution in [0.3, 0.4) is 0 Å². The molecule has 0 bridgehead atoms. The summed E-state index contributed by atoms with van der Waals surface area (Å²) in [5.41, 5.74) is -1.24. The summed E-state index contributed by atoms with van der Waals surface area (Å²) < 4.78 is 0.818. The first-order valence-corrected chi connectivity index (χ1v) is 5.81. The minimum absolute atomic E-state index is 0.238. The number of rotatable bonds is 3. The van der Waals surface area contributed by atoms with Crippen LogP contribution in [0, 0.1) is 0 Å². The zero-order valence-electron chi connectivity index (χ0n) is 9.89. The molecule has 0 aliphatic rings. The van der Waals surface area contributed by atoms with Crippen molar-refractivity contribution in [1.29, 1.82) is 0 Å². The van der Waals surface area contributed by atoms with Crippen LogP contribution in [0.4, 0.5) is 0 Å². The second-order valence-corrected chi connectivity index (χ2v) is 5.79. The van der Waals surface area contributed by atoms with Gasteiger partial charge < -0.3 is 15.4 Å². The molecule has 4 nitrogen and oxygen atoms in total. The third kappa shape index (κ3) is 2.86. The number of hydrogen-bond acceptors (Lipinski definition) is 2. The Bertz CT molecular complexity index is 391. The molecular formula is C11H17BrN2O2. The van der Waals surface area contributed by atoms with E-state index in [0.717, 1.165) is 4.47 Å². The number of nitrogens with one attached hydrogen (secondary N) is 2. The fraction of sp³-hybridized carbons (Fsp3) is 0.545. The van der Waals surface area contributed by atoms with E-state index in [2.05, 4.69) is 26.2 Å². The van der Waals surface area contributed by atoms with Crippen molar-refractivity contribution in [2.45, 2.75) is 38.8 Å². The molecule has 0 fully saturated rings. The van der Waals surface area contributed by atoms with E-state index in [1.807, 2.05) is 0 Å². The van der Waals surface area contributed by atoms with E-state index in [9.17, 15) is 9.90 Å². The maximum Gasteiger partial charge on any atom is 0.268 e. The van der Waals surface area contributed by atoms with Gasteiger partial charge in [-0.3, -0.25) is 4.79 Å². The maximum atomic E-state index is 11.8. The molecule has 0 saturated heterocycles. The van der Waals surface area contributed by atoms with Gasteiger partial charge >= 0.3 is 0 Å². The van der Waals surface area contributed by atoms with E-state index in [-0.39, 0.29) is 5.91 Å². The van der Waals surface area contributed by atoms with Crippen LogP contribution >= 0.6 is 15.9 Å². The Labute approximate surface area is 104 Å². The van der Waals surface area contributed by atoms with Crippen molar-refractivity contribution in [3.63, 3.8) is 0 Å². The quantitative estimate of drug-likeness (QED) is 0.797. The lowest BCUT2D eigenvalue weighted by Gasteiger charge is -2.37. The molecule has 0 spiro atoms. The van der Waals surface area contributed by atoms with Gasteiger partial charge in [0.25, 0.3) is 5.91 Å². The van der Waals surface area contributed by atoms with Crippen LogP contribution in [-0.4, -0.2) is 27.1 Å². The monoisotopic (exact) mass is 288 g/mol. The lowest BCUT2D eigenvalue weighted by atomic mass is 9.86. The van der Waals surface area contributed by atoms with Crippen LogP contribution < -0.4 is 5.32 Å². The van der Waals surface area contributed by atoms with Crippen molar-refractivity contribution < 1.29 is 9.90 Å². The average molecular weight is 289 g/mol. The maximum absolute atomic E-state index is 11.8. The van der Waals surface area contributed by atoms with Gasteiger partial charge in [-0.05, 0) is 49.7 Å². The van der Waals surface area contributed by atoms with Gasteiger partial charge in [-0.2, -0.15) is 0 Å². The fourth-order valence-electron chi connectivity index (χ4n) is 1.00. The number of carbonyl (C=O) groups is 1. The van der Waals surface area contributed by atoms with E-state index < -0.39 is 11.1 Å². The van der Waals surface area contributed by atoms with E-state index in [1.165, 1.54) is 0 Å². The largest absolute Gasteiger partial charge is 0.388 e. The van der Waals surface area contributed by atoms with Gasteiger partial charge in [0.2, 0.25) is 0 Å². The van der Waals surface area contributed by atoms with Gasteiger partial charge in [-0.25, -0.2) is 0 Å². The van der Waals surface area contributed by atoms with Crippen LogP contribution in [0.2, 0.25) is 0 Å². The minimum atomic E-state index is -0.994. The molecule has 0 aliphatic heterocycles. The van der Waals surface area contributed by atoms with Crippen LogP contribution in [0.15, 0.2) is 16.7 Å². The van der Waals surface area contributed by atoms with Gasteiger partial charge in [0, 0.05) is 10.7 Å². The van der Waals surface area contributed by atoms with Gasteiger partial charge in [0.1, 0.15) is 5.69 Å². The molecule has 0 saturated carbocycles. The number of halogens is 1. The van der Waals surface area contributed by atoms with Crippen LogP contribution in [0.25, 0.3) is 0 Å². The second-order valence-electron chi connectivity index (χ2n) is 4.87. The molecule has 1 aromatic rings. The standard InChI is InChI=1S/C11H17BrN2O2/c1-10(2,11(3,4)16)14-9(15)8-5-7(12)6-13-8/h5-6,13,16H,1-4H3,(H,14,15). The molecule has 90 valence electrons. The van der Waals surface area contributed by atoms with Gasteiger partial charge in [-0.15, -0.1) is 0 Å². The zero-order valence-corrected chi connectivity index (χ0v) is 11.5. The number of hydrogen-bond donors (Lipinski definition) is 3. The minimum Gasteiger partial charge on any atom is -0.388 e. The van der Waals surface area contributed by atoms with Crippen LogP contribution in [0.1, 0.15) is 38.2 Å². The van der Waals surface area contributed by atoms with Gasteiger partial charge in [-0.1, -0.05) is 0 Å². The fourth-order valence-corrected chi connectivity index (χ4v) is 1.35. The normalized spacial score (nSPS) is 12.6. The molecule has 0 radical (unpaired) electrons. The Morgan fingerprint density at radius 1 is 1.44 bits per heavy atom. The molecule has 1 rings (SSSR count). The molecule has 1 amide bonds. The summed E-state index contributed by atoms with van der Waals surface area (Å²) in [5, 5.41) is 12.7. The smallest absolute Gasteiger partial charge is 0.268 e. The lowest BCUT2D eigenvalue weighted by Crippen LogP contribution is -2.57. The highest BCUT2D eigenvalue weighted by atomic mass is 79.9. The second kappa shape index (κ2) is 4.22. The molecule has 1 heterocycles. The summed E-state index contributed by atoms with van der Waals surface area (Å²) in [7, 11) is 0. The molecule has 5 heteroatoms. The van der Waals surface area contributed by atoms with Crippen LogP contribution in [-0.2, 0) is 0 Å². The Kier molecular flexibility index (Phi) is 3.50. The molecule has 0 aliphatic carbocycles. The molecule has 3 N–H and O–H groups in total. The van der Waals surface area contributed by atoms with Crippen LogP contribution in [0.5, 0.6) is 0 Å². The highest BCUT2D eigenvalue weighted by Gasteiger charge is 2.36. The third-order valence-electron chi connectivity index (χ3n) is 2.85. The Morgan fingerprint density at radius 2 is 2.00 bits per heavy atom. The number of amides is 1. The van der Waals surface area contributed by atoms with Gasteiger partial charge in [0.05, 0.1) is 11.1 Å². The molecule has 1 aromatic heterocycles. The molecular weight excluding hydrogens is 272 g/mol. The average Bonchev–Trinajstić information content (AvgIpc) is 2.48. The van der Waals surface area contributed by atoms with Crippen molar-refractivity contribution in [2.24, 2.45) is 0 Å². The van der Waals surface area contributed by atoms with E-state index in [1.54, 1.807) is 40.0 Å². The van der Waals surface area contributed by atoms with E-state index in [4.69, 9.17) is 0 Å². The predicted octanol–water partition coefficient (Wildman–Crippen LogP) is 2.06. The first kappa shape index (κ1) is 13.3. The van der Waals surface area contributed by atoms with Crippen molar-refractivity contribution in [2.75, 3.05) is 0 Å². The predicted molar refractivity (Wildman–Crippen MR) is 66.3 cm³/mol. The number of aliphatic hydroxyl groups is 1. The molecule has 16 heavy (non-hydrogen) atoms. The number of H-pyrrole nitrogens is 1. The number of carbonyl (C=O) groups excluding carboxylic acids is 1. The summed E-state index contributed by atoms with van der Waals surface area (Å²) in [6, 6.07) is 1.69. The van der Waals surface area contributed by atoms with Crippen molar-refractivity contribution >= 4 is 21.8 Å². The highest BCUT2D eigenvalue weighted by Crippen LogP contribution is 2.21. The number of aromatic amines is 1. The van der Waals surface area contributed by atoms with E-state index >= 15 is 0 Å². The number of aromatic nitrogens is 1. The first-order chi connectivity index (χ1) is 7.13. The van der Waals surface area contributed by atoms with E-state index in [0.29, 0.717) is 5.69 Å². The summed E-state index contributed by atoms with van der Waals surface area (Å²) in [5.74, 6) is -0.238. The first-order valence-electron chi connectivity index (χ1n) is 5.02. The SMILES string of the molecule is CC(C)(O)C(C)(C)NC(=O)c1cc(Br)c[nH]1. The molecule has 0 atom stereocenters. The molecule has 0 unspecified atom stereocenters. The Balaban J connectivity index is 2.79. The third-order valence-corrected chi connectivity index (χ3v) is 3.31. The topological polar surface area (TPSA) is 65.1 Å². The van der Waals surface area contributed by atoms with Crippen molar-refractivity contribution in [3.8, 4) is 0 Å². The summed E-state index contributed by atoms with van der Waals surface area (Å²) in [6.07, 6.45) is 1.69. The summed E-state index contributed by atoms with van der Waals surface area (Å²) in [4.78, 5) is 14.7. The molecule has 0 aromatic carbocycles.